The van der Waals surface area contributed by atoms with Gasteiger partial charge in [0.25, 0.3) is 11.6 Å². The van der Waals surface area contributed by atoms with Crippen molar-refractivity contribution in [1.29, 1.82) is 0 Å². The molecule has 1 amide bonds. The second-order valence-electron chi connectivity index (χ2n) is 6.12. The van der Waals surface area contributed by atoms with Gasteiger partial charge in [0.2, 0.25) is 0 Å². The van der Waals surface area contributed by atoms with Crippen molar-refractivity contribution in [3.63, 3.8) is 0 Å². The number of methoxy groups -OCH3 is 1. The zero-order valence-electron chi connectivity index (χ0n) is 15.2. The number of nitro groups is 1. The van der Waals surface area contributed by atoms with Gasteiger partial charge in [-0.15, -0.1) is 0 Å². The predicted molar refractivity (Wildman–Crippen MR) is 97.6 cm³/mol. The van der Waals surface area contributed by atoms with Gasteiger partial charge in [0.15, 0.2) is 0 Å². The fourth-order valence-electron chi connectivity index (χ4n) is 2.75. The summed E-state index contributed by atoms with van der Waals surface area (Å²) >= 11 is 0. The van der Waals surface area contributed by atoms with E-state index in [2.05, 4.69) is 15.5 Å². The molecule has 0 radical (unpaired) electrons. The van der Waals surface area contributed by atoms with Crippen LogP contribution in [0.25, 0.3) is 0 Å². The van der Waals surface area contributed by atoms with Gasteiger partial charge >= 0.3 is 0 Å². The zero-order chi connectivity index (χ0) is 18.9. The Hall–Kier alpha value is -2.23. The predicted octanol–water partition coefficient (Wildman–Crippen LogP) is 1.10. The molecule has 1 unspecified atom stereocenters. The molecule has 26 heavy (non-hydrogen) atoms. The molecule has 144 valence electrons. The number of benzene rings is 1. The van der Waals surface area contributed by atoms with Gasteiger partial charge in [-0.25, -0.2) is 0 Å². The van der Waals surface area contributed by atoms with Crippen LogP contribution in [0.2, 0.25) is 0 Å². The number of morpholine rings is 1. The van der Waals surface area contributed by atoms with Gasteiger partial charge in [-0.1, -0.05) is 0 Å². The number of carbonyl (C=O) groups excluding carboxylic acids is 1. The Morgan fingerprint density at radius 3 is 2.81 bits per heavy atom. The van der Waals surface area contributed by atoms with Crippen LogP contribution in [0.15, 0.2) is 18.2 Å². The Kier molecular flexibility index (Phi) is 7.76. The van der Waals surface area contributed by atoms with Crippen molar-refractivity contribution in [2.45, 2.75) is 13.0 Å². The van der Waals surface area contributed by atoms with E-state index in [0.717, 1.165) is 13.1 Å². The van der Waals surface area contributed by atoms with Gasteiger partial charge in [0.1, 0.15) is 5.69 Å². The smallest absolute Gasteiger partial charge is 0.293 e. The molecule has 0 aliphatic carbocycles. The molecule has 1 aliphatic heterocycles. The van der Waals surface area contributed by atoms with Crippen LogP contribution in [0.3, 0.4) is 0 Å². The first kappa shape index (κ1) is 20.1. The van der Waals surface area contributed by atoms with E-state index in [-0.39, 0.29) is 23.2 Å². The number of nitrogens with one attached hydrogen (secondary N) is 2. The number of nitrogens with zero attached hydrogens (tertiary/aromatic N) is 2. The number of hydrogen-bond donors (Lipinski definition) is 2. The standard InChI is InChI=1S/C17H26N4O5/c1-13(20-6-9-26-10-7-20)12-19-17(22)14-3-4-15(18-5-8-25-2)16(11-14)21(23)24/h3-4,11,13,18H,5-10,12H2,1-2H3,(H,19,22). The first-order chi connectivity index (χ1) is 12.5. The molecule has 9 heteroatoms. The summed E-state index contributed by atoms with van der Waals surface area (Å²) in [6.07, 6.45) is 0. The Labute approximate surface area is 152 Å². The maximum atomic E-state index is 12.4. The molecule has 1 heterocycles. The van der Waals surface area contributed by atoms with E-state index in [1.165, 1.54) is 6.07 Å². The molecule has 2 rings (SSSR count). The van der Waals surface area contributed by atoms with Crippen molar-refractivity contribution in [2.24, 2.45) is 0 Å². The number of amides is 1. The molecule has 0 spiro atoms. The lowest BCUT2D eigenvalue weighted by molar-refractivity contribution is -0.384. The van der Waals surface area contributed by atoms with E-state index in [1.807, 2.05) is 6.92 Å². The summed E-state index contributed by atoms with van der Waals surface area (Å²) in [4.78, 5) is 25.4. The molecule has 0 aromatic heterocycles. The summed E-state index contributed by atoms with van der Waals surface area (Å²) < 4.78 is 10.2. The summed E-state index contributed by atoms with van der Waals surface area (Å²) in [6, 6.07) is 4.60. The Balaban J connectivity index is 1.96. The average Bonchev–Trinajstić information content (AvgIpc) is 2.66. The van der Waals surface area contributed by atoms with Gasteiger partial charge in [0, 0.05) is 51.0 Å². The number of rotatable bonds is 9. The molecule has 2 N–H and O–H groups in total. The molecular formula is C17H26N4O5. The summed E-state index contributed by atoms with van der Waals surface area (Å²) in [5, 5.41) is 17.1. The van der Waals surface area contributed by atoms with Crippen LogP contribution < -0.4 is 10.6 Å². The Morgan fingerprint density at radius 2 is 2.15 bits per heavy atom. The normalized spacial score (nSPS) is 16.1. The zero-order valence-corrected chi connectivity index (χ0v) is 15.2. The second-order valence-corrected chi connectivity index (χ2v) is 6.12. The summed E-state index contributed by atoms with van der Waals surface area (Å²) in [7, 11) is 1.56. The highest BCUT2D eigenvalue weighted by Crippen LogP contribution is 2.25. The van der Waals surface area contributed by atoms with Gasteiger partial charge in [-0.3, -0.25) is 19.8 Å². The van der Waals surface area contributed by atoms with E-state index in [0.29, 0.717) is 38.6 Å². The van der Waals surface area contributed by atoms with Crippen molar-refractivity contribution in [1.82, 2.24) is 10.2 Å². The van der Waals surface area contributed by atoms with Crippen LogP contribution in [0.4, 0.5) is 11.4 Å². The lowest BCUT2D eigenvalue weighted by Crippen LogP contribution is -2.47. The SMILES string of the molecule is COCCNc1ccc(C(=O)NCC(C)N2CCOCC2)cc1[N+](=O)[O-]. The number of carbonyl (C=O) groups is 1. The third-order valence-electron chi connectivity index (χ3n) is 4.31. The number of ether oxygens (including phenoxy) is 2. The molecular weight excluding hydrogens is 340 g/mol. The van der Waals surface area contributed by atoms with E-state index < -0.39 is 4.92 Å². The Bertz CT molecular complexity index is 619. The van der Waals surface area contributed by atoms with Crippen molar-refractivity contribution < 1.29 is 19.2 Å². The fourth-order valence-corrected chi connectivity index (χ4v) is 2.75. The molecule has 9 nitrogen and oxygen atoms in total. The lowest BCUT2D eigenvalue weighted by atomic mass is 10.1. The van der Waals surface area contributed by atoms with Crippen molar-refractivity contribution in [3.8, 4) is 0 Å². The highest BCUT2D eigenvalue weighted by atomic mass is 16.6. The van der Waals surface area contributed by atoms with E-state index in [1.54, 1.807) is 19.2 Å². The topological polar surface area (TPSA) is 106 Å². The van der Waals surface area contributed by atoms with Crippen LogP contribution in [-0.2, 0) is 9.47 Å². The lowest BCUT2D eigenvalue weighted by Gasteiger charge is -2.32. The Morgan fingerprint density at radius 1 is 1.42 bits per heavy atom. The number of anilines is 1. The molecule has 1 saturated heterocycles. The molecule has 1 aromatic carbocycles. The first-order valence-electron chi connectivity index (χ1n) is 8.64. The summed E-state index contributed by atoms with van der Waals surface area (Å²) in [5.41, 5.74) is 0.503. The minimum Gasteiger partial charge on any atom is -0.383 e. The quantitative estimate of drug-likeness (QED) is 0.383. The second kappa shape index (κ2) is 10.0. The first-order valence-corrected chi connectivity index (χ1v) is 8.64. The molecule has 0 saturated carbocycles. The molecule has 1 fully saturated rings. The molecule has 1 atom stereocenters. The van der Waals surface area contributed by atoms with Crippen molar-refractivity contribution >= 4 is 17.3 Å². The summed E-state index contributed by atoms with van der Waals surface area (Å²) in [6.45, 7) is 6.45. The van der Waals surface area contributed by atoms with Crippen LogP contribution in [-0.4, -0.2) is 74.9 Å². The number of hydrogen-bond acceptors (Lipinski definition) is 7. The molecule has 1 aliphatic rings. The van der Waals surface area contributed by atoms with E-state index in [9.17, 15) is 14.9 Å². The maximum absolute atomic E-state index is 12.4. The third-order valence-corrected chi connectivity index (χ3v) is 4.31. The molecule has 1 aromatic rings. The highest BCUT2D eigenvalue weighted by molar-refractivity contribution is 5.95. The number of nitro benzene ring substituents is 1. The fraction of sp³-hybridized carbons (Fsp3) is 0.588. The third kappa shape index (κ3) is 5.65. The average molecular weight is 366 g/mol. The minimum absolute atomic E-state index is 0.130. The van der Waals surface area contributed by atoms with Crippen LogP contribution in [0.1, 0.15) is 17.3 Å². The van der Waals surface area contributed by atoms with Gasteiger partial charge in [-0.05, 0) is 19.1 Å². The van der Waals surface area contributed by atoms with Crippen LogP contribution >= 0.6 is 0 Å². The maximum Gasteiger partial charge on any atom is 0.293 e. The van der Waals surface area contributed by atoms with Crippen LogP contribution in [0.5, 0.6) is 0 Å². The van der Waals surface area contributed by atoms with Gasteiger partial charge < -0.3 is 20.1 Å². The van der Waals surface area contributed by atoms with Crippen molar-refractivity contribution in [2.75, 3.05) is 58.4 Å². The monoisotopic (exact) mass is 366 g/mol. The highest BCUT2D eigenvalue weighted by Gasteiger charge is 2.20. The molecule has 0 bridgehead atoms. The minimum atomic E-state index is -0.498. The van der Waals surface area contributed by atoms with Crippen molar-refractivity contribution in [3.05, 3.63) is 33.9 Å². The van der Waals surface area contributed by atoms with Gasteiger partial charge in [0.05, 0.1) is 24.7 Å². The van der Waals surface area contributed by atoms with E-state index >= 15 is 0 Å². The van der Waals surface area contributed by atoms with Crippen LogP contribution in [0, 0.1) is 10.1 Å². The van der Waals surface area contributed by atoms with E-state index in [4.69, 9.17) is 9.47 Å². The summed E-state index contributed by atoms with van der Waals surface area (Å²) in [5.74, 6) is -0.323. The van der Waals surface area contributed by atoms with Gasteiger partial charge in [-0.2, -0.15) is 0 Å². The largest absolute Gasteiger partial charge is 0.383 e.